The van der Waals surface area contributed by atoms with E-state index in [-0.39, 0.29) is 0 Å². The number of ether oxygens (including phenoxy) is 1. The second-order valence-corrected chi connectivity index (χ2v) is 3.67. The van der Waals surface area contributed by atoms with Gasteiger partial charge in [0, 0.05) is 10.3 Å². The van der Waals surface area contributed by atoms with Gasteiger partial charge in [-0.15, -0.1) is 11.3 Å². The third-order valence-corrected chi connectivity index (χ3v) is 2.58. The molecule has 0 saturated heterocycles. The molecule has 0 saturated carbocycles. The fourth-order valence-electron chi connectivity index (χ4n) is 0.984. The molecule has 1 heterocycles. The summed E-state index contributed by atoms with van der Waals surface area (Å²) in [5.41, 5.74) is 1.03. The predicted molar refractivity (Wildman–Crippen MR) is 55.1 cm³/mol. The zero-order valence-electron chi connectivity index (χ0n) is 7.99. The maximum Gasteiger partial charge on any atom is 0.411 e. The Morgan fingerprint density at radius 3 is 3.00 bits per heavy atom. The first kappa shape index (κ1) is 10.7. The standard InChI is InChI=1S/C9H11NO3S/c1-3-13-9(12)10-8-5-14-6(2)7(8)4-11/h4-5H,3H2,1-2H3,(H,10,12). The van der Waals surface area contributed by atoms with E-state index in [0.717, 1.165) is 11.2 Å². The molecule has 1 rings (SSSR count). The second-order valence-electron chi connectivity index (χ2n) is 2.58. The molecule has 0 atom stereocenters. The summed E-state index contributed by atoms with van der Waals surface area (Å²) in [4.78, 5) is 22.6. The maximum atomic E-state index is 11.0. The maximum absolute atomic E-state index is 11.0. The Bertz CT molecular complexity index is 346. The highest BCUT2D eigenvalue weighted by Crippen LogP contribution is 2.24. The molecule has 1 aromatic heterocycles. The van der Waals surface area contributed by atoms with Gasteiger partial charge in [-0.05, 0) is 13.8 Å². The molecular formula is C9H11NO3S. The number of hydrogen-bond acceptors (Lipinski definition) is 4. The van der Waals surface area contributed by atoms with Gasteiger partial charge in [-0.2, -0.15) is 0 Å². The van der Waals surface area contributed by atoms with Crippen molar-refractivity contribution in [1.29, 1.82) is 0 Å². The Hall–Kier alpha value is -1.36. The van der Waals surface area contributed by atoms with Crippen LogP contribution in [0, 0.1) is 6.92 Å². The number of carbonyl (C=O) groups excluding carboxylic acids is 2. The monoisotopic (exact) mass is 213 g/mol. The van der Waals surface area contributed by atoms with Crippen LogP contribution in [-0.4, -0.2) is 19.0 Å². The van der Waals surface area contributed by atoms with E-state index in [1.807, 2.05) is 6.92 Å². The molecule has 1 N–H and O–H groups in total. The van der Waals surface area contributed by atoms with Crippen molar-refractivity contribution < 1.29 is 14.3 Å². The lowest BCUT2D eigenvalue weighted by Crippen LogP contribution is -2.13. The molecule has 1 amide bonds. The summed E-state index contributed by atoms with van der Waals surface area (Å²) in [6, 6.07) is 0. The molecule has 0 aliphatic carbocycles. The largest absolute Gasteiger partial charge is 0.450 e. The molecule has 14 heavy (non-hydrogen) atoms. The zero-order chi connectivity index (χ0) is 10.6. The fraction of sp³-hybridized carbons (Fsp3) is 0.333. The summed E-state index contributed by atoms with van der Waals surface area (Å²) in [6.45, 7) is 3.86. The van der Waals surface area contributed by atoms with E-state index in [4.69, 9.17) is 4.74 Å². The lowest BCUT2D eigenvalue weighted by atomic mass is 10.2. The van der Waals surface area contributed by atoms with Gasteiger partial charge in [-0.3, -0.25) is 10.1 Å². The molecule has 0 bridgehead atoms. The van der Waals surface area contributed by atoms with E-state index in [0.29, 0.717) is 17.9 Å². The molecule has 0 aromatic carbocycles. The molecule has 4 nitrogen and oxygen atoms in total. The summed E-state index contributed by atoms with van der Waals surface area (Å²) in [5.74, 6) is 0. The highest BCUT2D eigenvalue weighted by atomic mass is 32.1. The lowest BCUT2D eigenvalue weighted by Gasteiger charge is -2.03. The first-order valence-electron chi connectivity index (χ1n) is 4.16. The molecule has 0 aliphatic rings. The first-order chi connectivity index (χ1) is 6.69. The number of hydrogen-bond donors (Lipinski definition) is 1. The van der Waals surface area contributed by atoms with Crippen LogP contribution in [0.1, 0.15) is 22.2 Å². The molecule has 76 valence electrons. The van der Waals surface area contributed by atoms with Gasteiger partial charge in [-0.1, -0.05) is 0 Å². The van der Waals surface area contributed by atoms with Crippen LogP contribution in [0.15, 0.2) is 5.38 Å². The van der Waals surface area contributed by atoms with Crippen LogP contribution in [0.3, 0.4) is 0 Å². The number of thiophene rings is 1. The van der Waals surface area contributed by atoms with Crippen molar-refractivity contribution >= 4 is 29.4 Å². The smallest absolute Gasteiger partial charge is 0.411 e. The number of amides is 1. The average Bonchev–Trinajstić information content (AvgIpc) is 2.47. The molecule has 0 radical (unpaired) electrons. The van der Waals surface area contributed by atoms with E-state index in [9.17, 15) is 9.59 Å². The molecular weight excluding hydrogens is 202 g/mol. The van der Waals surface area contributed by atoms with Crippen LogP contribution in [0.4, 0.5) is 10.5 Å². The van der Waals surface area contributed by atoms with Gasteiger partial charge >= 0.3 is 6.09 Å². The number of nitrogens with one attached hydrogen (secondary N) is 1. The minimum atomic E-state index is -0.534. The summed E-state index contributed by atoms with van der Waals surface area (Å²) in [5, 5.41) is 4.22. The SMILES string of the molecule is CCOC(=O)Nc1csc(C)c1C=O. The number of rotatable bonds is 3. The summed E-state index contributed by atoms with van der Waals surface area (Å²) in [7, 11) is 0. The first-order valence-corrected chi connectivity index (χ1v) is 5.04. The van der Waals surface area contributed by atoms with Crippen molar-refractivity contribution in [2.75, 3.05) is 11.9 Å². The van der Waals surface area contributed by atoms with Crippen LogP contribution in [0.5, 0.6) is 0 Å². The van der Waals surface area contributed by atoms with Gasteiger partial charge in [0.2, 0.25) is 0 Å². The van der Waals surface area contributed by atoms with E-state index >= 15 is 0 Å². The normalized spacial score (nSPS) is 9.57. The van der Waals surface area contributed by atoms with E-state index < -0.39 is 6.09 Å². The summed E-state index contributed by atoms with van der Waals surface area (Å²) >= 11 is 1.41. The topological polar surface area (TPSA) is 55.4 Å². The van der Waals surface area contributed by atoms with Gasteiger partial charge < -0.3 is 4.74 Å². The Kier molecular flexibility index (Phi) is 3.64. The van der Waals surface area contributed by atoms with Crippen LogP contribution in [0.25, 0.3) is 0 Å². The Morgan fingerprint density at radius 1 is 1.71 bits per heavy atom. The number of aryl methyl sites for hydroxylation is 1. The minimum absolute atomic E-state index is 0.311. The van der Waals surface area contributed by atoms with E-state index in [1.54, 1.807) is 12.3 Å². The van der Waals surface area contributed by atoms with Gasteiger partial charge in [-0.25, -0.2) is 4.79 Å². The predicted octanol–water partition coefficient (Wildman–Crippen LogP) is 2.44. The minimum Gasteiger partial charge on any atom is -0.450 e. The molecule has 5 heteroatoms. The number of anilines is 1. The van der Waals surface area contributed by atoms with Crippen LogP contribution in [0.2, 0.25) is 0 Å². The van der Waals surface area contributed by atoms with Crippen molar-refractivity contribution in [2.45, 2.75) is 13.8 Å². The Morgan fingerprint density at radius 2 is 2.43 bits per heavy atom. The quantitative estimate of drug-likeness (QED) is 0.784. The van der Waals surface area contributed by atoms with Crippen molar-refractivity contribution in [1.82, 2.24) is 0 Å². The number of aldehydes is 1. The second kappa shape index (κ2) is 4.76. The van der Waals surface area contributed by atoms with Gasteiger partial charge in [0.25, 0.3) is 0 Å². The van der Waals surface area contributed by atoms with E-state index in [2.05, 4.69) is 5.32 Å². The Labute approximate surface area is 85.9 Å². The van der Waals surface area contributed by atoms with Crippen molar-refractivity contribution in [3.05, 3.63) is 15.8 Å². The summed E-state index contributed by atoms with van der Waals surface area (Å²) in [6.07, 6.45) is 0.196. The van der Waals surface area contributed by atoms with E-state index in [1.165, 1.54) is 11.3 Å². The van der Waals surface area contributed by atoms with Crippen molar-refractivity contribution in [3.8, 4) is 0 Å². The Balaban J connectivity index is 2.76. The number of carbonyl (C=O) groups is 2. The van der Waals surface area contributed by atoms with Crippen LogP contribution >= 0.6 is 11.3 Å². The fourth-order valence-corrected chi connectivity index (χ4v) is 1.75. The van der Waals surface area contributed by atoms with Crippen LogP contribution in [-0.2, 0) is 4.74 Å². The third kappa shape index (κ3) is 2.32. The van der Waals surface area contributed by atoms with Crippen molar-refractivity contribution in [2.24, 2.45) is 0 Å². The molecule has 1 aromatic rings. The molecule has 0 spiro atoms. The highest BCUT2D eigenvalue weighted by molar-refractivity contribution is 7.10. The van der Waals surface area contributed by atoms with Crippen LogP contribution < -0.4 is 5.32 Å². The van der Waals surface area contributed by atoms with Gasteiger partial charge in [0.05, 0.1) is 17.9 Å². The summed E-state index contributed by atoms with van der Waals surface area (Å²) < 4.78 is 4.69. The molecule has 0 unspecified atom stereocenters. The average molecular weight is 213 g/mol. The van der Waals surface area contributed by atoms with Crippen molar-refractivity contribution in [3.63, 3.8) is 0 Å². The molecule has 0 aliphatic heterocycles. The van der Waals surface area contributed by atoms with Gasteiger partial charge in [0.1, 0.15) is 0 Å². The highest BCUT2D eigenvalue weighted by Gasteiger charge is 2.10. The third-order valence-electron chi connectivity index (χ3n) is 1.65. The van der Waals surface area contributed by atoms with Gasteiger partial charge in [0.15, 0.2) is 6.29 Å². The lowest BCUT2D eigenvalue weighted by molar-refractivity contribution is 0.112. The zero-order valence-corrected chi connectivity index (χ0v) is 8.81. The molecule has 0 fully saturated rings.